The molecule has 1 atom stereocenters. The molecule has 2 aromatic rings. The number of nitrogens with one attached hydrogen (secondary N) is 2. The van der Waals surface area contributed by atoms with Crippen LogP contribution in [0.1, 0.15) is 13.8 Å². The molecule has 8 nitrogen and oxygen atoms in total. The third-order valence-electron chi connectivity index (χ3n) is 3.67. The van der Waals surface area contributed by atoms with Gasteiger partial charge in [0, 0.05) is 6.20 Å². The Bertz CT molecular complexity index is 983. The van der Waals surface area contributed by atoms with Crippen molar-refractivity contribution in [3.05, 3.63) is 53.4 Å². The molecule has 1 heterocycles. The Balaban J connectivity index is 2.01. The van der Waals surface area contributed by atoms with Crippen LogP contribution in [0.15, 0.2) is 47.5 Å². The number of benzene rings is 1. The number of anilines is 1. The zero-order valence-corrected chi connectivity index (χ0v) is 17.1. The Hall–Kier alpha value is -2.56. The van der Waals surface area contributed by atoms with Gasteiger partial charge in [0.1, 0.15) is 22.6 Å². The first-order valence-corrected chi connectivity index (χ1v) is 10.3. The number of esters is 1. The number of halogens is 2. The Labute approximate surface area is 172 Å². The minimum atomic E-state index is -4.32. The fourth-order valence-electron chi connectivity index (χ4n) is 2.20. The summed E-state index contributed by atoms with van der Waals surface area (Å²) in [6.45, 7) is 2.49. The molecule has 1 amide bonds. The van der Waals surface area contributed by atoms with Gasteiger partial charge in [-0.05, 0) is 30.2 Å². The monoisotopic (exact) mass is 443 g/mol. The highest BCUT2D eigenvalue weighted by Crippen LogP contribution is 2.16. The summed E-state index contributed by atoms with van der Waals surface area (Å²) in [5.41, 5.74) is 0. The Morgan fingerprint density at radius 3 is 2.48 bits per heavy atom. The minimum absolute atomic E-state index is 0.205. The van der Waals surface area contributed by atoms with Crippen LogP contribution in [0.2, 0.25) is 5.02 Å². The predicted octanol–water partition coefficient (Wildman–Crippen LogP) is 2.36. The molecule has 0 saturated carbocycles. The third kappa shape index (κ3) is 6.48. The van der Waals surface area contributed by atoms with Gasteiger partial charge in [-0.2, -0.15) is 4.72 Å². The maximum absolute atomic E-state index is 13.8. The Kier molecular flexibility index (Phi) is 7.66. The van der Waals surface area contributed by atoms with E-state index in [-0.39, 0.29) is 5.82 Å². The smallest absolute Gasteiger partial charge is 0.324 e. The molecule has 1 aromatic carbocycles. The molecule has 29 heavy (non-hydrogen) atoms. The zero-order chi connectivity index (χ0) is 21.6. The van der Waals surface area contributed by atoms with Gasteiger partial charge < -0.3 is 10.1 Å². The summed E-state index contributed by atoms with van der Waals surface area (Å²) in [6, 6.07) is 6.43. The summed E-state index contributed by atoms with van der Waals surface area (Å²) < 4.78 is 45.7. The number of carbonyl (C=O) groups is 2. The lowest BCUT2D eigenvalue weighted by molar-refractivity contribution is -0.150. The van der Waals surface area contributed by atoms with Crippen molar-refractivity contribution in [2.75, 3.05) is 11.9 Å². The molecule has 2 rings (SSSR count). The number of ether oxygens (including phenoxy) is 1. The van der Waals surface area contributed by atoms with E-state index >= 15 is 0 Å². The van der Waals surface area contributed by atoms with E-state index in [9.17, 15) is 22.4 Å². The van der Waals surface area contributed by atoms with Gasteiger partial charge in [0.2, 0.25) is 10.0 Å². The second kappa shape index (κ2) is 9.77. The number of carbonyl (C=O) groups excluding carboxylic acids is 2. The Morgan fingerprint density at radius 1 is 1.21 bits per heavy atom. The fourth-order valence-corrected chi connectivity index (χ4v) is 3.73. The van der Waals surface area contributed by atoms with Crippen molar-refractivity contribution in [3.8, 4) is 0 Å². The number of rotatable bonds is 8. The van der Waals surface area contributed by atoms with Crippen molar-refractivity contribution in [1.29, 1.82) is 0 Å². The van der Waals surface area contributed by atoms with Crippen LogP contribution in [0, 0.1) is 11.7 Å². The molecule has 1 unspecified atom stereocenters. The number of amides is 1. The van der Waals surface area contributed by atoms with Gasteiger partial charge in [-0.25, -0.2) is 17.8 Å². The summed E-state index contributed by atoms with van der Waals surface area (Å²) >= 11 is 5.70. The van der Waals surface area contributed by atoms with Crippen molar-refractivity contribution >= 4 is 39.3 Å². The molecule has 156 valence electrons. The van der Waals surface area contributed by atoms with Crippen LogP contribution in [0.4, 0.5) is 10.2 Å². The highest BCUT2D eigenvalue weighted by atomic mass is 35.5. The van der Waals surface area contributed by atoms with Gasteiger partial charge in [-0.15, -0.1) is 0 Å². The molecule has 0 aliphatic carbocycles. The van der Waals surface area contributed by atoms with E-state index < -0.39 is 51.2 Å². The molecule has 0 aliphatic heterocycles. The normalized spacial score (nSPS) is 12.4. The first-order valence-electron chi connectivity index (χ1n) is 8.45. The molecule has 0 aliphatic rings. The van der Waals surface area contributed by atoms with Crippen LogP contribution in [-0.2, 0) is 24.3 Å². The quantitative estimate of drug-likeness (QED) is 0.605. The SMILES string of the molecule is CC(C)C(NS(=O)(=O)c1ccccc1F)C(=O)OCC(=O)Nc1ccc(Cl)cn1. The summed E-state index contributed by atoms with van der Waals surface area (Å²) in [5.74, 6) is -2.92. The fraction of sp³-hybridized carbons (Fsp3) is 0.278. The van der Waals surface area contributed by atoms with Crippen molar-refractivity contribution in [2.45, 2.75) is 24.8 Å². The first-order chi connectivity index (χ1) is 13.6. The van der Waals surface area contributed by atoms with Crippen molar-refractivity contribution in [3.63, 3.8) is 0 Å². The van der Waals surface area contributed by atoms with Crippen molar-refractivity contribution < 1.29 is 27.1 Å². The number of aromatic nitrogens is 1. The molecule has 1 aromatic heterocycles. The zero-order valence-electron chi connectivity index (χ0n) is 15.6. The second-order valence-electron chi connectivity index (χ2n) is 6.29. The summed E-state index contributed by atoms with van der Waals surface area (Å²) in [7, 11) is -4.32. The first kappa shape index (κ1) is 22.7. The second-order valence-corrected chi connectivity index (χ2v) is 8.41. The van der Waals surface area contributed by atoms with Crippen LogP contribution in [0.5, 0.6) is 0 Å². The standard InChI is InChI=1S/C18H19ClFN3O5S/c1-11(2)17(23-29(26,27)14-6-4-3-5-13(14)20)18(25)28-10-16(24)22-15-8-7-12(19)9-21-15/h3-9,11,17,23H,10H2,1-2H3,(H,21,22,24). The summed E-state index contributed by atoms with van der Waals surface area (Å²) in [6.07, 6.45) is 1.33. The van der Waals surface area contributed by atoms with Crippen LogP contribution in [0.3, 0.4) is 0 Å². The van der Waals surface area contributed by atoms with Crippen LogP contribution in [-0.4, -0.2) is 37.9 Å². The van der Waals surface area contributed by atoms with Gasteiger partial charge in [0.05, 0.1) is 5.02 Å². The highest BCUT2D eigenvalue weighted by Gasteiger charge is 2.31. The average molecular weight is 444 g/mol. The van der Waals surface area contributed by atoms with Crippen LogP contribution in [0.25, 0.3) is 0 Å². The molecule has 11 heteroatoms. The average Bonchev–Trinajstić information content (AvgIpc) is 2.66. The number of hydrogen-bond acceptors (Lipinski definition) is 6. The lowest BCUT2D eigenvalue weighted by Gasteiger charge is -2.20. The van der Waals surface area contributed by atoms with E-state index in [1.165, 1.54) is 30.5 Å². The van der Waals surface area contributed by atoms with Crippen molar-refractivity contribution in [2.24, 2.45) is 5.92 Å². The molecular weight excluding hydrogens is 425 g/mol. The lowest BCUT2D eigenvalue weighted by Crippen LogP contribution is -2.46. The van der Waals surface area contributed by atoms with E-state index in [0.29, 0.717) is 5.02 Å². The molecule has 2 N–H and O–H groups in total. The number of nitrogens with zero attached hydrogens (tertiary/aromatic N) is 1. The number of sulfonamides is 1. The summed E-state index contributed by atoms with van der Waals surface area (Å²) in [4.78, 5) is 27.5. The van der Waals surface area contributed by atoms with Crippen LogP contribution >= 0.6 is 11.6 Å². The van der Waals surface area contributed by atoms with E-state index in [0.717, 1.165) is 12.1 Å². The molecule has 0 fully saturated rings. The molecule has 0 spiro atoms. The third-order valence-corrected chi connectivity index (χ3v) is 5.37. The van der Waals surface area contributed by atoms with Gasteiger partial charge >= 0.3 is 5.97 Å². The largest absolute Gasteiger partial charge is 0.454 e. The minimum Gasteiger partial charge on any atom is -0.454 e. The molecule has 0 bridgehead atoms. The van der Waals surface area contributed by atoms with Gasteiger partial charge in [0.15, 0.2) is 6.61 Å². The molecule has 0 saturated heterocycles. The van der Waals surface area contributed by atoms with E-state index in [4.69, 9.17) is 16.3 Å². The van der Waals surface area contributed by atoms with Crippen molar-refractivity contribution in [1.82, 2.24) is 9.71 Å². The summed E-state index contributed by atoms with van der Waals surface area (Å²) in [5, 5.41) is 2.79. The number of hydrogen-bond donors (Lipinski definition) is 2. The molecular formula is C18H19ClFN3O5S. The topological polar surface area (TPSA) is 114 Å². The van der Waals surface area contributed by atoms with E-state index in [2.05, 4.69) is 15.0 Å². The van der Waals surface area contributed by atoms with Gasteiger partial charge in [-0.1, -0.05) is 37.6 Å². The molecule has 0 radical (unpaired) electrons. The van der Waals surface area contributed by atoms with Gasteiger partial charge in [-0.3, -0.25) is 9.59 Å². The number of pyridine rings is 1. The maximum atomic E-state index is 13.8. The van der Waals surface area contributed by atoms with E-state index in [1.54, 1.807) is 13.8 Å². The lowest BCUT2D eigenvalue weighted by atomic mass is 10.1. The maximum Gasteiger partial charge on any atom is 0.324 e. The Morgan fingerprint density at radius 2 is 1.90 bits per heavy atom. The predicted molar refractivity (Wildman–Crippen MR) is 104 cm³/mol. The van der Waals surface area contributed by atoms with Crippen LogP contribution < -0.4 is 10.0 Å². The van der Waals surface area contributed by atoms with E-state index in [1.807, 2.05) is 0 Å². The highest BCUT2D eigenvalue weighted by molar-refractivity contribution is 7.89. The van der Waals surface area contributed by atoms with Gasteiger partial charge in [0.25, 0.3) is 5.91 Å².